The second-order valence-corrected chi connectivity index (χ2v) is 4.34. The molecule has 1 aromatic rings. The molecule has 0 aliphatic carbocycles. The third-order valence-corrected chi connectivity index (χ3v) is 2.50. The molecule has 0 spiro atoms. The average Bonchev–Trinajstić information content (AvgIpc) is 2.35. The van der Waals surface area contributed by atoms with Crippen LogP contribution in [0, 0.1) is 0 Å². The van der Waals surface area contributed by atoms with Crippen molar-refractivity contribution in [3.8, 4) is 0 Å². The van der Waals surface area contributed by atoms with Crippen molar-refractivity contribution in [2.24, 2.45) is 0 Å². The van der Waals surface area contributed by atoms with Gasteiger partial charge < -0.3 is 10.1 Å². The van der Waals surface area contributed by atoms with Crippen LogP contribution in [0.4, 0.5) is 13.2 Å². The number of aromatic nitrogens is 1. The number of halogens is 3. The molecule has 0 amide bonds. The first-order valence-electron chi connectivity index (χ1n) is 6.28. The van der Waals surface area contributed by atoms with Crippen molar-refractivity contribution in [2.45, 2.75) is 32.0 Å². The average molecular weight is 276 g/mol. The lowest BCUT2D eigenvalue weighted by atomic mass is 10.1. The summed E-state index contributed by atoms with van der Waals surface area (Å²) in [4.78, 5) is 3.91. The van der Waals surface area contributed by atoms with Crippen LogP contribution in [0.3, 0.4) is 0 Å². The number of nitrogens with one attached hydrogen (secondary N) is 1. The number of hydrogen-bond donors (Lipinski definition) is 1. The first-order chi connectivity index (χ1) is 9.01. The number of alkyl halides is 3. The van der Waals surface area contributed by atoms with Gasteiger partial charge in [0.05, 0.1) is 6.61 Å². The number of ether oxygens (including phenoxy) is 1. The van der Waals surface area contributed by atoms with Crippen LogP contribution in [0.2, 0.25) is 0 Å². The molecule has 1 unspecified atom stereocenters. The van der Waals surface area contributed by atoms with E-state index < -0.39 is 12.8 Å². The minimum absolute atomic E-state index is 0.0435. The lowest BCUT2D eigenvalue weighted by molar-refractivity contribution is -0.175. The topological polar surface area (TPSA) is 34.1 Å². The number of nitrogens with zero attached hydrogens (tertiary/aromatic N) is 1. The molecule has 0 saturated heterocycles. The van der Waals surface area contributed by atoms with Crippen molar-refractivity contribution in [1.82, 2.24) is 10.3 Å². The highest BCUT2D eigenvalue weighted by molar-refractivity contribution is 5.11. The molecule has 1 N–H and O–H groups in total. The van der Waals surface area contributed by atoms with Crippen molar-refractivity contribution in [3.63, 3.8) is 0 Å². The van der Waals surface area contributed by atoms with Gasteiger partial charge in [-0.15, -0.1) is 0 Å². The summed E-state index contributed by atoms with van der Waals surface area (Å²) in [6.45, 7) is 1.60. The first-order valence-corrected chi connectivity index (χ1v) is 6.28. The van der Waals surface area contributed by atoms with E-state index in [4.69, 9.17) is 4.74 Å². The van der Waals surface area contributed by atoms with E-state index in [-0.39, 0.29) is 12.6 Å². The van der Waals surface area contributed by atoms with Gasteiger partial charge in [-0.3, -0.25) is 4.98 Å². The smallest absolute Gasteiger partial charge is 0.370 e. The molecule has 0 aliphatic heterocycles. The summed E-state index contributed by atoms with van der Waals surface area (Å²) < 4.78 is 40.8. The number of pyridine rings is 1. The first kappa shape index (κ1) is 15.9. The molecule has 1 rings (SSSR count). The quantitative estimate of drug-likeness (QED) is 0.792. The van der Waals surface area contributed by atoms with Crippen molar-refractivity contribution in [3.05, 3.63) is 30.1 Å². The fourth-order valence-electron chi connectivity index (χ4n) is 1.66. The lowest BCUT2D eigenvalue weighted by Gasteiger charge is -2.19. The minimum Gasteiger partial charge on any atom is -0.370 e. The van der Waals surface area contributed by atoms with Gasteiger partial charge in [-0.05, 0) is 37.1 Å². The molecule has 6 heteroatoms. The molecular weight excluding hydrogens is 257 g/mol. The Kier molecular flexibility index (Phi) is 6.80. The minimum atomic E-state index is -4.27. The third kappa shape index (κ3) is 7.79. The molecule has 19 heavy (non-hydrogen) atoms. The summed E-state index contributed by atoms with van der Waals surface area (Å²) in [6.07, 6.45) is 0.615. The van der Waals surface area contributed by atoms with Gasteiger partial charge in [0.25, 0.3) is 0 Å². The molecule has 108 valence electrons. The summed E-state index contributed by atoms with van der Waals surface area (Å²) >= 11 is 0. The predicted molar refractivity (Wildman–Crippen MR) is 66.9 cm³/mol. The van der Waals surface area contributed by atoms with Crippen LogP contribution < -0.4 is 5.32 Å². The molecule has 1 atom stereocenters. The van der Waals surface area contributed by atoms with Gasteiger partial charge in [0.2, 0.25) is 0 Å². The van der Waals surface area contributed by atoms with Crippen LogP contribution in [0.5, 0.6) is 0 Å². The third-order valence-electron chi connectivity index (χ3n) is 2.50. The number of rotatable bonds is 8. The Morgan fingerprint density at radius 3 is 2.58 bits per heavy atom. The van der Waals surface area contributed by atoms with Gasteiger partial charge in [-0.25, -0.2) is 0 Å². The van der Waals surface area contributed by atoms with Gasteiger partial charge in [0.15, 0.2) is 0 Å². The fraction of sp³-hybridized carbons (Fsp3) is 0.615. The Morgan fingerprint density at radius 1 is 1.32 bits per heavy atom. The second-order valence-electron chi connectivity index (χ2n) is 4.34. The van der Waals surface area contributed by atoms with Crippen LogP contribution in [-0.4, -0.2) is 37.0 Å². The van der Waals surface area contributed by atoms with E-state index in [0.29, 0.717) is 6.42 Å². The molecule has 0 bridgehead atoms. The summed E-state index contributed by atoms with van der Waals surface area (Å²) in [5.74, 6) is 0. The molecule has 1 heterocycles. The zero-order valence-corrected chi connectivity index (χ0v) is 10.9. The number of hydrogen-bond acceptors (Lipinski definition) is 3. The van der Waals surface area contributed by atoms with E-state index in [1.807, 2.05) is 19.1 Å². The Bertz CT molecular complexity index is 343. The van der Waals surface area contributed by atoms with Crippen LogP contribution in [0.15, 0.2) is 24.5 Å². The maximum Gasteiger partial charge on any atom is 0.411 e. The van der Waals surface area contributed by atoms with Gasteiger partial charge in [-0.2, -0.15) is 13.2 Å². The lowest BCUT2D eigenvalue weighted by Crippen LogP contribution is -2.37. The highest BCUT2D eigenvalue weighted by Gasteiger charge is 2.27. The van der Waals surface area contributed by atoms with Gasteiger partial charge >= 0.3 is 6.18 Å². The van der Waals surface area contributed by atoms with Gasteiger partial charge in [-0.1, -0.05) is 6.92 Å². The monoisotopic (exact) mass is 276 g/mol. The zero-order chi connectivity index (χ0) is 14.1. The molecule has 0 saturated carbocycles. The van der Waals surface area contributed by atoms with Gasteiger partial charge in [0, 0.05) is 18.4 Å². The SMILES string of the molecule is CCCNC(COCC(F)(F)F)Cc1ccncc1. The normalized spacial score (nSPS) is 13.5. The summed E-state index contributed by atoms with van der Waals surface area (Å²) in [6, 6.07) is 3.58. The Hall–Kier alpha value is -1.14. The molecule has 0 aliphatic rings. The van der Waals surface area contributed by atoms with E-state index in [0.717, 1.165) is 18.5 Å². The summed E-state index contributed by atoms with van der Waals surface area (Å²) in [5, 5.41) is 3.19. The van der Waals surface area contributed by atoms with Crippen LogP contribution in [0.25, 0.3) is 0 Å². The van der Waals surface area contributed by atoms with E-state index >= 15 is 0 Å². The highest BCUT2D eigenvalue weighted by atomic mass is 19.4. The summed E-state index contributed by atoms with van der Waals surface area (Å²) in [7, 11) is 0. The Morgan fingerprint density at radius 2 is 2.00 bits per heavy atom. The van der Waals surface area contributed by atoms with Crippen molar-refractivity contribution >= 4 is 0 Å². The molecule has 3 nitrogen and oxygen atoms in total. The largest absolute Gasteiger partial charge is 0.411 e. The van der Waals surface area contributed by atoms with E-state index in [2.05, 4.69) is 10.3 Å². The second kappa shape index (κ2) is 8.12. The van der Waals surface area contributed by atoms with E-state index in [1.54, 1.807) is 12.4 Å². The molecule has 0 aromatic carbocycles. The Labute approximate surface area is 111 Å². The Balaban J connectivity index is 2.42. The maximum absolute atomic E-state index is 12.0. The van der Waals surface area contributed by atoms with E-state index in [9.17, 15) is 13.2 Å². The molecule has 0 radical (unpaired) electrons. The van der Waals surface area contributed by atoms with Crippen molar-refractivity contribution in [1.29, 1.82) is 0 Å². The van der Waals surface area contributed by atoms with Crippen LogP contribution >= 0.6 is 0 Å². The molecule has 1 aromatic heterocycles. The zero-order valence-electron chi connectivity index (χ0n) is 10.9. The highest BCUT2D eigenvalue weighted by Crippen LogP contribution is 2.14. The van der Waals surface area contributed by atoms with Crippen molar-refractivity contribution in [2.75, 3.05) is 19.8 Å². The fourth-order valence-corrected chi connectivity index (χ4v) is 1.66. The molecule has 0 fully saturated rings. The van der Waals surface area contributed by atoms with Crippen LogP contribution in [-0.2, 0) is 11.2 Å². The standard InChI is InChI=1S/C13H19F3N2O/c1-2-5-18-12(9-19-10-13(14,15)16)8-11-3-6-17-7-4-11/h3-4,6-7,12,18H,2,5,8-10H2,1H3. The molecular formula is C13H19F3N2O. The van der Waals surface area contributed by atoms with Crippen LogP contribution in [0.1, 0.15) is 18.9 Å². The van der Waals surface area contributed by atoms with Crippen molar-refractivity contribution < 1.29 is 17.9 Å². The van der Waals surface area contributed by atoms with E-state index in [1.165, 1.54) is 0 Å². The summed E-state index contributed by atoms with van der Waals surface area (Å²) in [5.41, 5.74) is 1.03. The maximum atomic E-state index is 12.0. The van der Waals surface area contributed by atoms with Gasteiger partial charge in [0.1, 0.15) is 6.61 Å². The predicted octanol–water partition coefficient (Wildman–Crippen LogP) is 2.57.